The maximum Gasteiger partial charge on any atom is 0.472 e. The Kier molecular flexibility index (Phi) is 52.0. The minimum absolute atomic E-state index is 0.0202. The van der Waals surface area contributed by atoms with Gasteiger partial charge in [-0.2, -0.15) is 0 Å². The van der Waals surface area contributed by atoms with Crippen molar-refractivity contribution in [2.75, 3.05) is 47.5 Å². The van der Waals surface area contributed by atoms with Crippen LogP contribution in [0.15, 0.2) is 109 Å². The second-order valence-corrected chi connectivity index (χ2v) is 22.1. The number of esters is 2. The zero-order valence-electron chi connectivity index (χ0n) is 48.0. The molecule has 0 aromatic rings. The van der Waals surface area contributed by atoms with E-state index < -0.39 is 26.5 Å². The number of likely N-dealkylation sites (N-methyl/N-ethyl adjacent to an activating group) is 1. The van der Waals surface area contributed by atoms with Crippen LogP contribution in [0.2, 0.25) is 0 Å². The molecule has 0 aliphatic heterocycles. The summed E-state index contributed by atoms with van der Waals surface area (Å²) >= 11 is 0. The molecule has 2 unspecified atom stereocenters. The summed E-state index contributed by atoms with van der Waals surface area (Å²) in [6.45, 7) is 4.27. The highest BCUT2D eigenvalue weighted by molar-refractivity contribution is 7.47. The van der Waals surface area contributed by atoms with Crippen LogP contribution in [0, 0.1) is 0 Å². The predicted molar refractivity (Wildman–Crippen MR) is 316 cm³/mol. The summed E-state index contributed by atoms with van der Waals surface area (Å²) in [5.41, 5.74) is 0. The van der Waals surface area contributed by atoms with Gasteiger partial charge >= 0.3 is 19.8 Å². The van der Waals surface area contributed by atoms with E-state index in [1.807, 2.05) is 21.1 Å². The van der Waals surface area contributed by atoms with Gasteiger partial charge in [0.2, 0.25) is 0 Å². The quantitative estimate of drug-likeness (QED) is 0.0211. The molecular formula is C64H111NO8P+. The predicted octanol–water partition coefficient (Wildman–Crippen LogP) is 18.6. The largest absolute Gasteiger partial charge is 0.472 e. The highest BCUT2D eigenvalue weighted by atomic mass is 31.2. The summed E-state index contributed by atoms with van der Waals surface area (Å²) in [7, 11) is 1.44. The van der Waals surface area contributed by atoms with Crippen LogP contribution in [0.5, 0.6) is 0 Å². The lowest BCUT2D eigenvalue weighted by Crippen LogP contribution is -2.37. The molecule has 74 heavy (non-hydrogen) atoms. The SMILES string of the molecule is CC/C=C\C/C=C\C/C=C\C/C=C\C/C=C\C/C=C\CCCCCCC(=O)OC(COC(=O)CCCCCCCCCCCCCC/C=C\C/C=C\C/C=C\CCCCCCC)COP(=O)(O)OCC[N+](C)(C)C. The van der Waals surface area contributed by atoms with E-state index in [-0.39, 0.29) is 32.0 Å². The first-order valence-corrected chi connectivity index (χ1v) is 31.1. The zero-order valence-corrected chi connectivity index (χ0v) is 48.9. The Bertz CT molecular complexity index is 1620. The van der Waals surface area contributed by atoms with Crippen LogP contribution < -0.4 is 0 Å². The monoisotopic (exact) mass is 1050 g/mol. The molecule has 0 aliphatic rings. The first-order valence-electron chi connectivity index (χ1n) is 29.6. The molecule has 0 saturated heterocycles. The summed E-state index contributed by atoms with van der Waals surface area (Å²) in [5, 5.41) is 0. The van der Waals surface area contributed by atoms with Crippen molar-refractivity contribution in [2.24, 2.45) is 0 Å². The van der Waals surface area contributed by atoms with Crippen LogP contribution in [0.1, 0.15) is 232 Å². The molecule has 1 N–H and O–H groups in total. The molecule has 0 radical (unpaired) electrons. The second-order valence-electron chi connectivity index (χ2n) is 20.6. The van der Waals surface area contributed by atoms with Gasteiger partial charge in [-0.15, -0.1) is 0 Å². The zero-order chi connectivity index (χ0) is 54.2. The molecule has 2 atom stereocenters. The number of rotatable bonds is 53. The van der Waals surface area contributed by atoms with Gasteiger partial charge < -0.3 is 18.9 Å². The number of phosphoric acid groups is 1. The van der Waals surface area contributed by atoms with Crippen LogP contribution in [0.3, 0.4) is 0 Å². The number of unbranched alkanes of at least 4 members (excludes halogenated alkanes) is 21. The maximum absolute atomic E-state index is 12.8. The number of phosphoric ester groups is 1. The van der Waals surface area contributed by atoms with Gasteiger partial charge in [0.25, 0.3) is 0 Å². The molecule has 10 heteroatoms. The van der Waals surface area contributed by atoms with E-state index >= 15 is 0 Å². The normalized spacial score (nSPS) is 14.1. The van der Waals surface area contributed by atoms with E-state index in [4.69, 9.17) is 18.5 Å². The van der Waals surface area contributed by atoms with E-state index in [0.717, 1.165) is 96.3 Å². The average molecular weight is 1050 g/mol. The van der Waals surface area contributed by atoms with Gasteiger partial charge in [0.15, 0.2) is 6.10 Å². The molecule has 0 saturated carbocycles. The molecule has 0 fully saturated rings. The Hall–Kier alpha value is -3.33. The van der Waals surface area contributed by atoms with Gasteiger partial charge in [0.05, 0.1) is 27.7 Å². The van der Waals surface area contributed by atoms with Gasteiger partial charge in [-0.05, 0) is 103 Å². The van der Waals surface area contributed by atoms with Gasteiger partial charge in [0.1, 0.15) is 19.8 Å². The molecule has 0 heterocycles. The Morgan fingerprint density at radius 3 is 1.15 bits per heavy atom. The number of nitrogens with zero attached hydrogens (tertiary/aromatic N) is 1. The molecule has 0 aliphatic carbocycles. The van der Waals surface area contributed by atoms with Crippen LogP contribution in [-0.4, -0.2) is 74.9 Å². The van der Waals surface area contributed by atoms with E-state index in [2.05, 4.69) is 123 Å². The molecule has 0 aromatic heterocycles. The van der Waals surface area contributed by atoms with Crippen molar-refractivity contribution in [1.29, 1.82) is 0 Å². The minimum atomic E-state index is -4.40. The molecular weight excluding hydrogens is 942 g/mol. The number of allylic oxidation sites excluding steroid dienone is 18. The Labute approximate surface area is 455 Å². The van der Waals surface area contributed by atoms with Crippen molar-refractivity contribution in [3.05, 3.63) is 109 Å². The van der Waals surface area contributed by atoms with Gasteiger partial charge in [-0.3, -0.25) is 18.6 Å². The molecule has 0 bridgehead atoms. The fraction of sp³-hybridized carbons (Fsp3) is 0.688. The molecule has 0 aromatic carbocycles. The summed E-state index contributed by atoms with van der Waals surface area (Å²) in [4.78, 5) is 35.7. The van der Waals surface area contributed by atoms with Crippen molar-refractivity contribution in [2.45, 2.75) is 238 Å². The third-order valence-corrected chi connectivity index (χ3v) is 13.3. The Morgan fingerprint density at radius 2 is 0.770 bits per heavy atom. The first-order chi connectivity index (χ1) is 36.0. The minimum Gasteiger partial charge on any atom is -0.462 e. The first kappa shape index (κ1) is 70.7. The molecule has 424 valence electrons. The summed E-state index contributed by atoms with van der Waals surface area (Å²) < 4.78 is 34.6. The van der Waals surface area contributed by atoms with E-state index in [1.165, 1.54) is 103 Å². The van der Waals surface area contributed by atoms with Crippen molar-refractivity contribution in [3.8, 4) is 0 Å². The molecule has 0 amide bonds. The highest BCUT2D eigenvalue weighted by Gasteiger charge is 2.27. The third kappa shape index (κ3) is 57.9. The van der Waals surface area contributed by atoms with E-state index in [0.29, 0.717) is 17.4 Å². The fourth-order valence-corrected chi connectivity index (χ4v) is 8.47. The summed E-state index contributed by atoms with van der Waals surface area (Å²) in [6, 6.07) is 0. The number of hydrogen-bond acceptors (Lipinski definition) is 7. The van der Waals surface area contributed by atoms with Gasteiger partial charge in [0, 0.05) is 12.8 Å². The topological polar surface area (TPSA) is 108 Å². The molecule has 9 nitrogen and oxygen atoms in total. The van der Waals surface area contributed by atoms with E-state index in [9.17, 15) is 19.0 Å². The number of carbonyl (C=O) groups excluding carboxylic acids is 2. The third-order valence-electron chi connectivity index (χ3n) is 12.3. The lowest BCUT2D eigenvalue weighted by Gasteiger charge is -2.24. The summed E-state index contributed by atoms with van der Waals surface area (Å²) in [5.74, 6) is -0.833. The number of quaternary nitrogens is 1. The molecule has 0 rings (SSSR count). The summed E-state index contributed by atoms with van der Waals surface area (Å²) in [6.07, 6.45) is 75.8. The van der Waals surface area contributed by atoms with Crippen LogP contribution >= 0.6 is 7.82 Å². The van der Waals surface area contributed by atoms with Crippen LogP contribution in [0.4, 0.5) is 0 Å². The Morgan fingerprint density at radius 1 is 0.432 bits per heavy atom. The van der Waals surface area contributed by atoms with Crippen molar-refractivity contribution in [3.63, 3.8) is 0 Å². The Balaban J connectivity index is 4.23. The highest BCUT2D eigenvalue weighted by Crippen LogP contribution is 2.43. The van der Waals surface area contributed by atoms with Gasteiger partial charge in [-0.1, -0.05) is 226 Å². The maximum atomic E-state index is 12.8. The number of ether oxygens (including phenoxy) is 2. The van der Waals surface area contributed by atoms with Crippen molar-refractivity contribution >= 4 is 19.8 Å². The van der Waals surface area contributed by atoms with Crippen molar-refractivity contribution in [1.82, 2.24) is 0 Å². The fourth-order valence-electron chi connectivity index (χ4n) is 7.73. The van der Waals surface area contributed by atoms with Crippen molar-refractivity contribution < 1.29 is 42.1 Å². The van der Waals surface area contributed by atoms with Crippen LogP contribution in [-0.2, 0) is 32.7 Å². The number of hydrogen-bond donors (Lipinski definition) is 1. The van der Waals surface area contributed by atoms with Gasteiger partial charge in [-0.25, -0.2) is 4.57 Å². The smallest absolute Gasteiger partial charge is 0.462 e. The number of carbonyl (C=O) groups is 2. The second kappa shape index (κ2) is 54.5. The lowest BCUT2D eigenvalue weighted by atomic mass is 10.0. The lowest BCUT2D eigenvalue weighted by molar-refractivity contribution is -0.870. The van der Waals surface area contributed by atoms with E-state index in [1.54, 1.807) is 0 Å². The standard InChI is InChI=1S/C64H110NO8P/c1-6-8-10-12-14-16-18-20-22-24-26-28-30-31-32-33-35-36-38-40-42-44-46-48-50-52-54-56-63(66)70-60-62(61-72-74(68,69)71-59-58-65(3,4)5)73-64(67)57-55-53-51-49-47-45-43-41-39-37-34-29-27-25-23-21-19-17-15-13-11-9-7-2/h9,11,15,17-18,20-21,23-24,26-27,29-31,37,39,43,45,62H,6-8,10,12-14,16,19,22,25,28,32-36,38,40-42,44,46-61H2,1-5H3/p+1/b11-9-,17-15-,20-18-,23-21-,26-24-,29-27-,31-30-,39-37-,45-43-. The average Bonchev–Trinajstić information content (AvgIpc) is 3.36. The molecule has 0 spiro atoms. The van der Waals surface area contributed by atoms with Crippen LogP contribution in [0.25, 0.3) is 0 Å².